The molecule has 0 saturated carbocycles. The minimum atomic E-state index is 0.523. The smallest absolute Gasteiger partial charge is 0.0370 e. The lowest BCUT2D eigenvalue weighted by molar-refractivity contribution is 1.03. The van der Waals surface area contributed by atoms with Crippen LogP contribution in [0.5, 0.6) is 0 Å². The monoisotopic (exact) mass is 182 g/mol. The van der Waals surface area contributed by atoms with E-state index in [1.165, 1.54) is 4.90 Å². The fourth-order valence-electron chi connectivity index (χ4n) is 1.09. The molecule has 0 saturated heterocycles. The van der Waals surface area contributed by atoms with Crippen LogP contribution in [0.4, 0.5) is 5.69 Å². The van der Waals surface area contributed by atoms with Gasteiger partial charge in [0.1, 0.15) is 0 Å². The first-order valence-corrected chi connectivity index (χ1v) is 4.98. The summed E-state index contributed by atoms with van der Waals surface area (Å²) in [5.74, 6) is 1.05. The molecular weight excluding hydrogens is 168 g/mol. The summed E-state index contributed by atoms with van der Waals surface area (Å²) in [4.78, 5) is 1.21. The van der Waals surface area contributed by atoms with E-state index in [2.05, 4.69) is 13.0 Å². The van der Waals surface area contributed by atoms with Gasteiger partial charge >= 0.3 is 0 Å². The first-order chi connectivity index (χ1) is 5.79. The fraction of sp³-hybridized carbons (Fsp3) is 0.333. The average Bonchev–Trinajstić information content (AvgIpc) is 2.05. The molecule has 0 bridgehead atoms. The molecule has 1 aromatic rings. The molecule has 0 atom stereocenters. The van der Waals surface area contributed by atoms with Gasteiger partial charge in [-0.25, -0.2) is 0 Å². The normalized spacial score (nSPS) is 10.2. The lowest BCUT2D eigenvalue weighted by Crippen LogP contribution is -2.03. The van der Waals surface area contributed by atoms with Crippen LogP contribution in [0.3, 0.4) is 0 Å². The lowest BCUT2D eigenvalue weighted by atomic mass is 10.2. The Balaban J connectivity index is 3.00. The van der Waals surface area contributed by atoms with Gasteiger partial charge in [-0.15, -0.1) is 11.8 Å². The molecule has 1 aromatic carbocycles. The van der Waals surface area contributed by atoms with Gasteiger partial charge in [-0.05, 0) is 17.9 Å². The third-order valence-electron chi connectivity index (χ3n) is 1.67. The highest BCUT2D eigenvalue weighted by molar-refractivity contribution is 7.99. The van der Waals surface area contributed by atoms with Gasteiger partial charge < -0.3 is 11.5 Å². The second-order valence-corrected chi connectivity index (χ2v) is 3.77. The standard InChI is InChI=1S/C9H14N2S/c1-2-12-9-5-3-4-8(11)7(9)6-10/h3-5H,2,6,10-11H2,1H3. The number of hydrogen-bond acceptors (Lipinski definition) is 3. The summed E-state index contributed by atoms with van der Waals surface area (Å²) in [5, 5.41) is 0. The molecule has 0 fully saturated rings. The molecule has 0 amide bonds. The largest absolute Gasteiger partial charge is 0.398 e. The molecule has 0 unspecified atom stereocenters. The van der Waals surface area contributed by atoms with Gasteiger partial charge in [0, 0.05) is 22.7 Å². The molecule has 3 heteroatoms. The molecule has 0 aliphatic carbocycles. The van der Waals surface area contributed by atoms with Gasteiger partial charge in [-0.2, -0.15) is 0 Å². The van der Waals surface area contributed by atoms with Gasteiger partial charge in [0.05, 0.1) is 0 Å². The van der Waals surface area contributed by atoms with Crippen molar-refractivity contribution in [3.8, 4) is 0 Å². The Hall–Kier alpha value is -0.670. The number of rotatable bonds is 3. The van der Waals surface area contributed by atoms with Crippen molar-refractivity contribution in [2.45, 2.75) is 18.4 Å². The van der Waals surface area contributed by atoms with E-state index in [1.807, 2.05) is 12.1 Å². The molecule has 0 spiro atoms. The van der Waals surface area contributed by atoms with Crippen LogP contribution in [0.1, 0.15) is 12.5 Å². The Morgan fingerprint density at radius 3 is 2.75 bits per heavy atom. The van der Waals surface area contributed by atoms with E-state index in [9.17, 15) is 0 Å². The highest BCUT2D eigenvalue weighted by Gasteiger charge is 2.02. The first kappa shape index (κ1) is 9.42. The molecule has 0 radical (unpaired) electrons. The van der Waals surface area contributed by atoms with Gasteiger partial charge in [-0.3, -0.25) is 0 Å². The highest BCUT2D eigenvalue weighted by Crippen LogP contribution is 2.26. The number of nitrogens with two attached hydrogens (primary N) is 2. The lowest BCUT2D eigenvalue weighted by Gasteiger charge is -2.08. The minimum absolute atomic E-state index is 0.523. The third kappa shape index (κ3) is 1.93. The summed E-state index contributed by atoms with van der Waals surface area (Å²) < 4.78 is 0. The summed E-state index contributed by atoms with van der Waals surface area (Å²) in [7, 11) is 0. The van der Waals surface area contributed by atoms with E-state index in [0.29, 0.717) is 6.54 Å². The van der Waals surface area contributed by atoms with Crippen molar-refractivity contribution in [3.63, 3.8) is 0 Å². The van der Waals surface area contributed by atoms with Crippen LogP contribution in [-0.2, 0) is 6.54 Å². The molecule has 0 aliphatic rings. The SMILES string of the molecule is CCSc1cccc(N)c1CN. The number of benzene rings is 1. The maximum Gasteiger partial charge on any atom is 0.0370 e. The predicted molar refractivity (Wildman–Crippen MR) is 55.1 cm³/mol. The molecule has 66 valence electrons. The van der Waals surface area contributed by atoms with Crippen LogP contribution < -0.4 is 11.5 Å². The topological polar surface area (TPSA) is 52.0 Å². The predicted octanol–water partition coefficient (Wildman–Crippen LogP) is 1.84. The van der Waals surface area contributed by atoms with Gasteiger partial charge in [0.25, 0.3) is 0 Å². The molecule has 4 N–H and O–H groups in total. The zero-order valence-corrected chi connectivity index (χ0v) is 8.03. The quantitative estimate of drug-likeness (QED) is 0.554. The summed E-state index contributed by atoms with van der Waals surface area (Å²) in [6, 6.07) is 5.92. The second-order valence-electron chi connectivity index (χ2n) is 2.46. The van der Waals surface area contributed by atoms with Crippen molar-refractivity contribution in [2.75, 3.05) is 11.5 Å². The van der Waals surface area contributed by atoms with Gasteiger partial charge in [0.15, 0.2) is 0 Å². The number of thioether (sulfide) groups is 1. The van der Waals surface area contributed by atoms with E-state index in [4.69, 9.17) is 11.5 Å². The van der Waals surface area contributed by atoms with Crippen LogP contribution in [0.25, 0.3) is 0 Å². The van der Waals surface area contributed by atoms with Crippen LogP contribution in [0.2, 0.25) is 0 Å². The van der Waals surface area contributed by atoms with E-state index in [-0.39, 0.29) is 0 Å². The van der Waals surface area contributed by atoms with Crippen molar-refractivity contribution < 1.29 is 0 Å². The summed E-state index contributed by atoms with van der Waals surface area (Å²) >= 11 is 1.78. The minimum Gasteiger partial charge on any atom is -0.398 e. The van der Waals surface area contributed by atoms with Crippen molar-refractivity contribution in [3.05, 3.63) is 23.8 Å². The molecule has 2 nitrogen and oxygen atoms in total. The fourth-order valence-corrected chi connectivity index (χ4v) is 1.95. The zero-order chi connectivity index (χ0) is 8.97. The second kappa shape index (κ2) is 4.38. The Bertz CT molecular complexity index is 261. The molecule has 0 aromatic heterocycles. The third-order valence-corrected chi connectivity index (χ3v) is 2.66. The molecule has 12 heavy (non-hydrogen) atoms. The van der Waals surface area contributed by atoms with Crippen molar-refractivity contribution in [1.29, 1.82) is 0 Å². The molecule has 0 heterocycles. The maximum atomic E-state index is 5.77. The average molecular weight is 182 g/mol. The van der Waals surface area contributed by atoms with E-state index in [0.717, 1.165) is 17.0 Å². The van der Waals surface area contributed by atoms with E-state index in [1.54, 1.807) is 11.8 Å². The van der Waals surface area contributed by atoms with Gasteiger partial charge in [-0.1, -0.05) is 13.0 Å². The van der Waals surface area contributed by atoms with Crippen LogP contribution in [0, 0.1) is 0 Å². The van der Waals surface area contributed by atoms with E-state index < -0.39 is 0 Å². The molecule has 0 aliphatic heterocycles. The van der Waals surface area contributed by atoms with Crippen molar-refractivity contribution in [2.24, 2.45) is 5.73 Å². The zero-order valence-electron chi connectivity index (χ0n) is 7.21. The highest BCUT2D eigenvalue weighted by atomic mass is 32.2. The van der Waals surface area contributed by atoms with Crippen molar-refractivity contribution in [1.82, 2.24) is 0 Å². The van der Waals surface area contributed by atoms with Gasteiger partial charge in [0.2, 0.25) is 0 Å². The maximum absolute atomic E-state index is 5.77. The Kier molecular flexibility index (Phi) is 3.44. The Morgan fingerprint density at radius 2 is 2.17 bits per heavy atom. The summed E-state index contributed by atoms with van der Waals surface area (Å²) in [6.07, 6.45) is 0. The van der Waals surface area contributed by atoms with Crippen LogP contribution >= 0.6 is 11.8 Å². The summed E-state index contributed by atoms with van der Waals surface area (Å²) in [5.41, 5.74) is 13.2. The Labute approximate surface area is 77.3 Å². The first-order valence-electron chi connectivity index (χ1n) is 3.99. The molecule has 1 rings (SSSR count). The molecular formula is C9H14N2S. The van der Waals surface area contributed by atoms with E-state index >= 15 is 0 Å². The number of hydrogen-bond donors (Lipinski definition) is 2. The van der Waals surface area contributed by atoms with Crippen LogP contribution in [0.15, 0.2) is 23.1 Å². The summed E-state index contributed by atoms with van der Waals surface area (Å²) in [6.45, 7) is 2.64. The number of nitrogen functional groups attached to an aromatic ring is 1. The Morgan fingerprint density at radius 1 is 1.42 bits per heavy atom. The number of anilines is 1. The van der Waals surface area contributed by atoms with Crippen molar-refractivity contribution >= 4 is 17.4 Å². The van der Waals surface area contributed by atoms with Crippen LogP contribution in [-0.4, -0.2) is 5.75 Å².